The van der Waals surface area contributed by atoms with Crippen LogP contribution in [-0.4, -0.2) is 21.0 Å². The van der Waals surface area contributed by atoms with Gasteiger partial charge in [0, 0.05) is 6.54 Å². The second-order valence-electron chi connectivity index (χ2n) is 6.96. The van der Waals surface area contributed by atoms with Gasteiger partial charge in [-0.25, -0.2) is 4.98 Å². The summed E-state index contributed by atoms with van der Waals surface area (Å²) in [5.74, 6) is 0.258. The Kier molecular flexibility index (Phi) is 5.24. The van der Waals surface area contributed by atoms with Gasteiger partial charge in [0.2, 0.25) is 5.91 Å². The first kappa shape index (κ1) is 19.0. The number of aromatic nitrogens is 2. The van der Waals surface area contributed by atoms with Crippen molar-refractivity contribution in [3.8, 4) is 6.07 Å². The van der Waals surface area contributed by atoms with Crippen LogP contribution in [0.5, 0.6) is 0 Å². The molecule has 0 saturated heterocycles. The molecular formula is C23H20N4OS. The molecule has 1 amide bonds. The zero-order valence-corrected chi connectivity index (χ0v) is 17.1. The number of hydrogen-bond donors (Lipinski definition) is 1. The van der Waals surface area contributed by atoms with Crippen LogP contribution in [0.3, 0.4) is 0 Å². The number of hydrogen-bond acceptors (Lipinski definition) is 4. The van der Waals surface area contributed by atoms with Gasteiger partial charge in [-0.2, -0.15) is 5.26 Å². The maximum absolute atomic E-state index is 12.4. The summed E-state index contributed by atoms with van der Waals surface area (Å²) in [4.78, 5) is 17.0. The van der Waals surface area contributed by atoms with E-state index in [1.54, 1.807) is 0 Å². The van der Waals surface area contributed by atoms with Gasteiger partial charge >= 0.3 is 0 Å². The molecule has 2 aromatic heterocycles. The van der Waals surface area contributed by atoms with Crippen LogP contribution in [0.15, 0.2) is 59.6 Å². The van der Waals surface area contributed by atoms with Crippen molar-refractivity contribution in [1.82, 2.24) is 14.7 Å². The minimum Gasteiger partial charge on any atom is -0.351 e. The molecule has 6 heteroatoms. The largest absolute Gasteiger partial charge is 0.351 e. The molecule has 0 atom stereocenters. The van der Waals surface area contributed by atoms with Gasteiger partial charge < -0.3 is 5.32 Å². The van der Waals surface area contributed by atoms with Crippen LogP contribution in [0.2, 0.25) is 0 Å². The number of amides is 1. The van der Waals surface area contributed by atoms with E-state index in [1.807, 2.05) is 72.8 Å². The highest BCUT2D eigenvalue weighted by molar-refractivity contribution is 7.99. The van der Waals surface area contributed by atoms with E-state index in [0.717, 1.165) is 27.2 Å². The van der Waals surface area contributed by atoms with Gasteiger partial charge in [-0.15, -0.1) is 0 Å². The number of pyridine rings is 1. The fourth-order valence-corrected chi connectivity index (χ4v) is 4.21. The predicted molar refractivity (Wildman–Crippen MR) is 116 cm³/mol. The molecule has 0 aliphatic carbocycles. The van der Waals surface area contributed by atoms with Crippen molar-refractivity contribution in [3.05, 3.63) is 76.9 Å². The minimum absolute atomic E-state index is 0.0323. The number of para-hydroxylation sites is 2. The van der Waals surface area contributed by atoms with E-state index < -0.39 is 0 Å². The number of carbonyl (C=O) groups excluding carboxylic acids is 1. The summed E-state index contributed by atoms with van der Waals surface area (Å²) in [6.45, 7) is 4.45. The Morgan fingerprint density at radius 1 is 1.17 bits per heavy atom. The first-order chi connectivity index (χ1) is 14.1. The lowest BCUT2D eigenvalue weighted by molar-refractivity contribution is -0.118. The molecule has 0 aliphatic rings. The van der Waals surface area contributed by atoms with E-state index >= 15 is 0 Å². The smallest absolute Gasteiger partial charge is 0.230 e. The van der Waals surface area contributed by atoms with Gasteiger partial charge in [0.05, 0.1) is 27.4 Å². The standard InChI is InChI=1S/C23H20N4OS/c1-15-7-9-17(10-8-15)13-25-21(28)14-29-22-11-16(2)18(12-24)23-26-19-5-3-4-6-20(19)27(22)23/h3-11H,13-14H2,1-2H3,(H,25,28). The summed E-state index contributed by atoms with van der Waals surface area (Å²) in [5.41, 5.74) is 6.10. The molecule has 2 heterocycles. The maximum Gasteiger partial charge on any atom is 0.230 e. The average molecular weight is 401 g/mol. The molecule has 0 aliphatic heterocycles. The number of nitrogens with one attached hydrogen (secondary N) is 1. The normalized spacial score (nSPS) is 10.9. The molecule has 0 spiro atoms. The van der Waals surface area contributed by atoms with E-state index in [0.29, 0.717) is 23.5 Å². The Bertz CT molecular complexity index is 1250. The van der Waals surface area contributed by atoms with Crippen molar-refractivity contribution in [2.45, 2.75) is 25.4 Å². The van der Waals surface area contributed by atoms with Crippen molar-refractivity contribution in [3.63, 3.8) is 0 Å². The van der Waals surface area contributed by atoms with Gasteiger partial charge in [-0.3, -0.25) is 9.20 Å². The van der Waals surface area contributed by atoms with Gasteiger partial charge in [0.1, 0.15) is 6.07 Å². The second kappa shape index (κ2) is 7.98. The van der Waals surface area contributed by atoms with Crippen molar-refractivity contribution in [2.75, 3.05) is 5.75 Å². The summed E-state index contributed by atoms with van der Waals surface area (Å²) in [6, 6.07) is 20.1. The number of nitriles is 1. The van der Waals surface area contributed by atoms with Gasteiger partial charge in [-0.05, 0) is 43.2 Å². The molecular weight excluding hydrogens is 380 g/mol. The molecule has 0 unspecified atom stereocenters. The third-order valence-electron chi connectivity index (χ3n) is 4.81. The highest BCUT2D eigenvalue weighted by Crippen LogP contribution is 2.29. The summed E-state index contributed by atoms with van der Waals surface area (Å²) in [7, 11) is 0. The van der Waals surface area contributed by atoms with Crippen LogP contribution in [0, 0.1) is 25.2 Å². The Balaban J connectivity index is 1.57. The number of nitrogens with zero attached hydrogens (tertiary/aromatic N) is 3. The van der Waals surface area contributed by atoms with Crippen LogP contribution >= 0.6 is 11.8 Å². The summed E-state index contributed by atoms with van der Waals surface area (Å²) < 4.78 is 1.97. The fourth-order valence-electron chi connectivity index (χ4n) is 3.26. The molecule has 29 heavy (non-hydrogen) atoms. The monoisotopic (exact) mass is 400 g/mol. The molecule has 0 fully saturated rings. The fraction of sp³-hybridized carbons (Fsp3) is 0.174. The van der Waals surface area contributed by atoms with Crippen LogP contribution < -0.4 is 5.32 Å². The maximum atomic E-state index is 12.4. The van der Waals surface area contributed by atoms with Crippen LogP contribution in [0.4, 0.5) is 0 Å². The number of benzene rings is 2. The van der Waals surface area contributed by atoms with E-state index in [9.17, 15) is 10.1 Å². The first-order valence-electron chi connectivity index (χ1n) is 9.33. The Morgan fingerprint density at radius 2 is 1.93 bits per heavy atom. The molecule has 4 rings (SSSR count). The summed E-state index contributed by atoms with van der Waals surface area (Å²) in [5, 5.41) is 13.4. The van der Waals surface area contributed by atoms with Crippen molar-refractivity contribution < 1.29 is 4.79 Å². The lowest BCUT2D eigenvalue weighted by Gasteiger charge is -2.10. The van der Waals surface area contributed by atoms with E-state index in [1.165, 1.54) is 17.3 Å². The minimum atomic E-state index is -0.0323. The highest BCUT2D eigenvalue weighted by atomic mass is 32.2. The van der Waals surface area contributed by atoms with E-state index in [2.05, 4.69) is 16.4 Å². The number of thioether (sulfide) groups is 1. The average Bonchev–Trinajstić information content (AvgIpc) is 3.11. The molecule has 0 radical (unpaired) electrons. The Labute approximate surface area is 173 Å². The van der Waals surface area contributed by atoms with Gasteiger partial charge in [0.15, 0.2) is 5.65 Å². The number of aryl methyl sites for hydroxylation is 2. The predicted octanol–water partition coefficient (Wildman–Crippen LogP) is 4.38. The lowest BCUT2D eigenvalue weighted by Crippen LogP contribution is -2.24. The number of carbonyl (C=O) groups is 1. The Morgan fingerprint density at radius 3 is 2.69 bits per heavy atom. The zero-order valence-electron chi connectivity index (χ0n) is 16.3. The number of imidazole rings is 1. The van der Waals surface area contributed by atoms with Gasteiger partial charge in [0.25, 0.3) is 0 Å². The number of fused-ring (bicyclic) bond motifs is 3. The molecule has 2 aromatic carbocycles. The highest BCUT2D eigenvalue weighted by Gasteiger charge is 2.16. The zero-order chi connectivity index (χ0) is 20.4. The SMILES string of the molecule is Cc1ccc(CNC(=O)CSc2cc(C)c(C#N)c3nc4ccccc4n23)cc1. The van der Waals surface area contributed by atoms with E-state index in [-0.39, 0.29) is 5.91 Å². The molecule has 1 N–H and O–H groups in total. The third-order valence-corrected chi connectivity index (χ3v) is 5.82. The summed E-state index contributed by atoms with van der Waals surface area (Å²) >= 11 is 1.45. The van der Waals surface area contributed by atoms with E-state index in [4.69, 9.17) is 0 Å². The molecule has 0 bridgehead atoms. The third kappa shape index (κ3) is 3.82. The number of rotatable bonds is 5. The molecule has 0 saturated carbocycles. The second-order valence-corrected chi connectivity index (χ2v) is 7.96. The van der Waals surface area contributed by atoms with Crippen molar-refractivity contribution >= 4 is 34.3 Å². The van der Waals surface area contributed by atoms with Gasteiger partial charge in [-0.1, -0.05) is 53.7 Å². The van der Waals surface area contributed by atoms with Crippen LogP contribution in [-0.2, 0) is 11.3 Å². The topological polar surface area (TPSA) is 70.2 Å². The molecule has 4 aromatic rings. The van der Waals surface area contributed by atoms with Crippen molar-refractivity contribution in [2.24, 2.45) is 0 Å². The summed E-state index contributed by atoms with van der Waals surface area (Å²) in [6.07, 6.45) is 0. The first-order valence-corrected chi connectivity index (χ1v) is 10.3. The lowest BCUT2D eigenvalue weighted by atomic mass is 10.1. The van der Waals surface area contributed by atoms with Crippen molar-refractivity contribution in [1.29, 1.82) is 5.26 Å². The van der Waals surface area contributed by atoms with Crippen LogP contribution in [0.1, 0.15) is 22.3 Å². The van der Waals surface area contributed by atoms with Crippen LogP contribution in [0.25, 0.3) is 16.7 Å². The molecule has 5 nitrogen and oxygen atoms in total. The molecule has 144 valence electrons. The Hall–Kier alpha value is -3.30. The quantitative estimate of drug-likeness (QED) is 0.505.